The summed E-state index contributed by atoms with van der Waals surface area (Å²) in [5.74, 6) is -1.06. The molecule has 4 rings (SSSR count). The molecule has 2 aliphatic heterocycles. The van der Waals surface area contributed by atoms with E-state index in [2.05, 4.69) is 13.8 Å². The first-order valence-electron chi connectivity index (χ1n) is 17.0. The molecule has 9 atom stereocenters. The molecule has 0 aromatic carbocycles. The fraction of sp³-hybridized carbons (Fsp3) is 0.889. The lowest BCUT2D eigenvalue weighted by Gasteiger charge is -2.58. The summed E-state index contributed by atoms with van der Waals surface area (Å²) >= 11 is 0. The van der Waals surface area contributed by atoms with Crippen LogP contribution in [0.3, 0.4) is 0 Å². The minimum Gasteiger partial charge on any atom is -0.460 e. The Morgan fingerprint density at radius 1 is 0.667 bits per heavy atom. The lowest BCUT2D eigenvalue weighted by Crippen LogP contribution is -2.60. The van der Waals surface area contributed by atoms with Crippen LogP contribution in [0, 0.1) is 22.7 Å². The van der Waals surface area contributed by atoms with Crippen LogP contribution < -0.4 is 0 Å². The van der Waals surface area contributed by atoms with Crippen LogP contribution >= 0.6 is 0 Å². The van der Waals surface area contributed by atoms with Crippen molar-refractivity contribution in [3.63, 3.8) is 0 Å². The van der Waals surface area contributed by atoms with Gasteiger partial charge in [-0.3, -0.25) is 19.2 Å². The van der Waals surface area contributed by atoms with Gasteiger partial charge in [-0.2, -0.15) is 0 Å². The van der Waals surface area contributed by atoms with E-state index in [4.69, 9.17) is 23.7 Å². The average Bonchev–Trinajstić information content (AvgIpc) is 3.04. The number of carbonyl (C=O) groups excluding carboxylic acids is 4. The third-order valence-corrected chi connectivity index (χ3v) is 12.3. The topological polar surface area (TPSA) is 114 Å². The molecule has 0 radical (unpaired) electrons. The molecule has 9 heteroatoms. The quantitative estimate of drug-likeness (QED) is 0.234. The number of fused-ring (bicyclic) bond motifs is 2. The van der Waals surface area contributed by atoms with E-state index < -0.39 is 33.9 Å². The third-order valence-electron chi connectivity index (χ3n) is 12.3. The normalized spacial score (nSPS) is 42.6. The van der Waals surface area contributed by atoms with Crippen LogP contribution in [-0.2, 0) is 42.9 Å². The number of hydrogen-bond acceptors (Lipinski definition) is 9. The first kappa shape index (κ1) is 35.8. The van der Waals surface area contributed by atoms with Gasteiger partial charge in [0.1, 0.15) is 22.9 Å². The predicted molar refractivity (Wildman–Crippen MR) is 168 cm³/mol. The first-order valence-corrected chi connectivity index (χ1v) is 17.0. The fourth-order valence-electron chi connectivity index (χ4n) is 9.99. The molecule has 2 saturated carbocycles. The van der Waals surface area contributed by atoms with Gasteiger partial charge in [-0.1, -0.05) is 13.8 Å². The second-order valence-electron chi connectivity index (χ2n) is 16.5. The van der Waals surface area contributed by atoms with Gasteiger partial charge < -0.3 is 23.7 Å². The van der Waals surface area contributed by atoms with Crippen molar-refractivity contribution in [2.75, 3.05) is 0 Å². The summed E-state index contributed by atoms with van der Waals surface area (Å²) in [4.78, 5) is 50.2. The van der Waals surface area contributed by atoms with Gasteiger partial charge in [0.05, 0.1) is 17.8 Å². The highest BCUT2D eigenvalue weighted by molar-refractivity contribution is 5.86. The Morgan fingerprint density at radius 2 is 1.13 bits per heavy atom. The van der Waals surface area contributed by atoms with Gasteiger partial charge in [0.15, 0.2) is 5.78 Å². The zero-order chi connectivity index (χ0) is 33.8. The molecule has 0 aromatic heterocycles. The van der Waals surface area contributed by atoms with Crippen LogP contribution in [0.2, 0.25) is 0 Å². The van der Waals surface area contributed by atoms with Crippen LogP contribution in [0.1, 0.15) is 140 Å². The number of hydrogen-bond donors (Lipinski definition) is 0. The van der Waals surface area contributed by atoms with E-state index >= 15 is 0 Å². The van der Waals surface area contributed by atoms with Crippen LogP contribution in [0.15, 0.2) is 0 Å². The Kier molecular flexibility index (Phi) is 9.74. The van der Waals surface area contributed by atoms with Crippen molar-refractivity contribution < 1.29 is 42.9 Å². The monoisotopic (exact) mass is 634 g/mol. The summed E-state index contributed by atoms with van der Waals surface area (Å²) in [5, 5.41) is 0. The van der Waals surface area contributed by atoms with Crippen molar-refractivity contribution in [2.24, 2.45) is 22.7 Å². The number of esters is 3. The molecule has 0 N–H and O–H groups in total. The number of ketones is 1. The average molecular weight is 635 g/mol. The van der Waals surface area contributed by atoms with Gasteiger partial charge in [-0.05, 0) is 99.3 Å². The molecule has 2 aliphatic carbocycles. The lowest BCUT2D eigenvalue weighted by molar-refractivity contribution is -0.228. The highest BCUT2D eigenvalue weighted by Gasteiger charge is 2.62. The van der Waals surface area contributed by atoms with Crippen molar-refractivity contribution in [1.29, 1.82) is 0 Å². The zero-order valence-electron chi connectivity index (χ0n) is 29.6. The number of Topliss-reactive ketones (excluding diaryl/α,β-unsaturated/α-hetero) is 1. The fourth-order valence-corrected chi connectivity index (χ4v) is 9.99. The summed E-state index contributed by atoms with van der Waals surface area (Å²) < 4.78 is 31.6. The molecule has 256 valence electrons. The molecule has 3 unspecified atom stereocenters. The number of carbonyl (C=O) groups is 4. The van der Waals surface area contributed by atoms with Crippen molar-refractivity contribution in [2.45, 2.75) is 181 Å². The Morgan fingerprint density at radius 3 is 1.60 bits per heavy atom. The smallest absolute Gasteiger partial charge is 0.303 e. The maximum atomic E-state index is 13.1. The van der Waals surface area contributed by atoms with E-state index in [0.717, 1.165) is 6.42 Å². The molecular formula is C36H58O9. The summed E-state index contributed by atoms with van der Waals surface area (Å²) in [6.07, 6.45) is 5.80. The Labute approximate surface area is 270 Å². The molecule has 45 heavy (non-hydrogen) atoms. The highest BCUT2D eigenvalue weighted by atomic mass is 16.6. The molecule has 9 nitrogen and oxygen atoms in total. The maximum Gasteiger partial charge on any atom is 0.303 e. The zero-order valence-corrected chi connectivity index (χ0v) is 29.6. The predicted octanol–water partition coefficient (Wildman–Crippen LogP) is 6.66. The largest absolute Gasteiger partial charge is 0.460 e. The molecule has 0 bridgehead atoms. The summed E-state index contributed by atoms with van der Waals surface area (Å²) in [5.41, 5.74) is -3.84. The SMILES string of the molecule is CC(=O)O[C@H]1CCC2(C)C(CC[C@@H]3[C@](C)(OC(C)=O)CCC4OC(C)(C)C(=O)CC[C@]43C)[C@@](C)(OC(C)=O)CC[C@@H]2OC1(C)C. The highest BCUT2D eigenvalue weighted by Crippen LogP contribution is 2.60. The molecule has 0 aromatic rings. The van der Waals surface area contributed by atoms with Crippen LogP contribution in [0.25, 0.3) is 0 Å². The Balaban J connectivity index is 1.74. The van der Waals surface area contributed by atoms with Crippen molar-refractivity contribution in [3.8, 4) is 0 Å². The van der Waals surface area contributed by atoms with Crippen LogP contribution in [0.5, 0.6) is 0 Å². The van der Waals surface area contributed by atoms with Gasteiger partial charge in [0.2, 0.25) is 0 Å². The first-order chi connectivity index (χ1) is 20.6. The van der Waals surface area contributed by atoms with Crippen LogP contribution in [-0.4, -0.2) is 64.4 Å². The second kappa shape index (κ2) is 12.2. The van der Waals surface area contributed by atoms with Crippen molar-refractivity contribution >= 4 is 23.7 Å². The van der Waals surface area contributed by atoms with Gasteiger partial charge in [-0.15, -0.1) is 0 Å². The molecular weight excluding hydrogens is 576 g/mol. The minimum atomic E-state index is -0.872. The van der Waals surface area contributed by atoms with Gasteiger partial charge in [-0.25, -0.2) is 0 Å². The van der Waals surface area contributed by atoms with E-state index in [9.17, 15) is 19.2 Å². The Bertz CT molecular complexity index is 1180. The van der Waals surface area contributed by atoms with Crippen molar-refractivity contribution in [3.05, 3.63) is 0 Å². The van der Waals surface area contributed by atoms with E-state index in [1.807, 2.05) is 41.5 Å². The van der Waals surface area contributed by atoms with Crippen molar-refractivity contribution in [1.82, 2.24) is 0 Å². The molecule has 2 heterocycles. The summed E-state index contributed by atoms with van der Waals surface area (Å²) in [7, 11) is 0. The third kappa shape index (κ3) is 6.86. The maximum absolute atomic E-state index is 13.1. The number of ether oxygens (including phenoxy) is 5. The molecule has 4 aliphatic rings. The van der Waals surface area contributed by atoms with Gasteiger partial charge in [0.25, 0.3) is 0 Å². The van der Waals surface area contributed by atoms with E-state index in [0.29, 0.717) is 57.8 Å². The Hall–Kier alpha value is -2.00. The van der Waals surface area contributed by atoms with Crippen LogP contribution in [0.4, 0.5) is 0 Å². The molecule has 4 fully saturated rings. The molecule has 0 spiro atoms. The number of rotatable bonds is 6. The lowest BCUT2D eigenvalue weighted by atomic mass is 9.53. The standard InChI is InChI=1S/C36H58O9/c1-22(37)41-28-15-19-34(9)26(36(11,43-24(3)39)21-17-30(34)45-32(28,6)7)13-12-25-33(8)18-14-27(40)31(4,5)44-29(33)16-20-35(25,10)42-23(2)38/h25-26,28-30H,12-21H2,1-11H3/t25-,26?,28-,29?,30-,33-,34?,35+,36-/m0/s1. The summed E-state index contributed by atoms with van der Waals surface area (Å²) in [6.45, 7) is 20.6. The molecule has 2 saturated heterocycles. The molecule has 0 amide bonds. The summed E-state index contributed by atoms with van der Waals surface area (Å²) in [6, 6.07) is 0. The van der Waals surface area contributed by atoms with E-state index in [1.54, 1.807) is 0 Å². The van der Waals surface area contributed by atoms with Gasteiger partial charge in [0, 0.05) is 49.9 Å². The van der Waals surface area contributed by atoms with E-state index in [-0.39, 0.29) is 53.1 Å². The van der Waals surface area contributed by atoms with Gasteiger partial charge >= 0.3 is 17.9 Å². The minimum absolute atomic E-state index is 0.0881. The second-order valence-corrected chi connectivity index (χ2v) is 16.5. The van der Waals surface area contributed by atoms with E-state index in [1.165, 1.54) is 20.8 Å².